The van der Waals surface area contributed by atoms with Crippen molar-refractivity contribution in [1.82, 2.24) is 0 Å². The Labute approximate surface area is 98.4 Å². The molecule has 0 aromatic rings. The Morgan fingerprint density at radius 3 is 2.33 bits per heavy atom. The third-order valence-electron chi connectivity index (χ3n) is 3.66. The van der Waals surface area contributed by atoms with Gasteiger partial charge < -0.3 is 0 Å². The standard InChI is InChI=1S/C14H29P/c1-12(2)6-4-5-11-15-14-9-7-13(3)8-10-14/h12-15H,4-11H2,1-3H3. The van der Waals surface area contributed by atoms with Crippen LogP contribution in [-0.2, 0) is 0 Å². The monoisotopic (exact) mass is 228 g/mol. The first-order valence-corrected chi connectivity index (χ1v) is 8.20. The molecule has 1 atom stereocenters. The maximum Gasteiger partial charge on any atom is -0.0236 e. The van der Waals surface area contributed by atoms with Crippen LogP contribution in [0.25, 0.3) is 0 Å². The van der Waals surface area contributed by atoms with Crippen molar-refractivity contribution in [2.45, 2.75) is 71.4 Å². The van der Waals surface area contributed by atoms with Crippen LogP contribution in [0, 0.1) is 11.8 Å². The molecule has 0 aliphatic heterocycles. The first-order chi connectivity index (χ1) is 7.18. The molecule has 0 saturated heterocycles. The molecule has 90 valence electrons. The van der Waals surface area contributed by atoms with Gasteiger partial charge >= 0.3 is 0 Å². The van der Waals surface area contributed by atoms with Gasteiger partial charge in [-0.2, -0.15) is 0 Å². The van der Waals surface area contributed by atoms with Gasteiger partial charge in [-0.15, -0.1) is 8.58 Å². The highest BCUT2D eigenvalue weighted by atomic mass is 31.1. The SMILES string of the molecule is CC(C)CCCCPC1CCC(C)CC1. The van der Waals surface area contributed by atoms with Gasteiger partial charge in [-0.3, -0.25) is 0 Å². The summed E-state index contributed by atoms with van der Waals surface area (Å²) in [4.78, 5) is 0. The molecular weight excluding hydrogens is 199 g/mol. The predicted octanol–water partition coefficient (Wildman–Crippen LogP) is 5.07. The molecule has 0 N–H and O–H groups in total. The van der Waals surface area contributed by atoms with Gasteiger partial charge in [-0.1, -0.05) is 46.5 Å². The number of hydrogen-bond acceptors (Lipinski definition) is 0. The van der Waals surface area contributed by atoms with Crippen molar-refractivity contribution in [3.63, 3.8) is 0 Å². The second-order valence-corrected chi connectivity index (χ2v) is 7.53. The van der Waals surface area contributed by atoms with Gasteiger partial charge in [0.05, 0.1) is 0 Å². The molecular formula is C14H29P. The maximum atomic E-state index is 2.42. The number of unbranched alkanes of at least 4 members (excludes halogenated alkanes) is 1. The van der Waals surface area contributed by atoms with E-state index in [2.05, 4.69) is 20.8 Å². The third kappa shape index (κ3) is 6.56. The summed E-state index contributed by atoms with van der Waals surface area (Å²) in [6, 6.07) is 0. The molecule has 0 radical (unpaired) electrons. The van der Waals surface area contributed by atoms with Crippen LogP contribution in [0.1, 0.15) is 65.7 Å². The first kappa shape index (κ1) is 13.5. The normalized spacial score (nSPS) is 28.0. The quantitative estimate of drug-likeness (QED) is 0.440. The number of hydrogen-bond donors (Lipinski definition) is 0. The summed E-state index contributed by atoms with van der Waals surface area (Å²) in [6.45, 7) is 7.09. The van der Waals surface area contributed by atoms with E-state index in [1.54, 1.807) is 0 Å². The van der Waals surface area contributed by atoms with E-state index in [0.717, 1.165) is 17.5 Å². The fourth-order valence-electron chi connectivity index (χ4n) is 2.45. The summed E-state index contributed by atoms with van der Waals surface area (Å²) >= 11 is 0. The van der Waals surface area contributed by atoms with Gasteiger partial charge in [0.2, 0.25) is 0 Å². The highest BCUT2D eigenvalue weighted by Crippen LogP contribution is 2.35. The van der Waals surface area contributed by atoms with E-state index in [1.807, 2.05) is 0 Å². The van der Waals surface area contributed by atoms with Gasteiger partial charge in [-0.25, -0.2) is 0 Å². The molecule has 1 unspecified atom stereocenters. The van der Waals surface area contributed by atoms with E-state index in [-0.39, 0.29) is 0 Å². The van der Waals surface area contributed by atoms with Crippen LogP contribution in [0.3, 0.4) is 0 Å². The topological polar surface area (TPSA) is 0 Å². The zero-order valence-corrected chi connectivity index (χ0v) is 11.9. The van der Waals surface area contributed by atoms with Gasteiger partial charge in [-0.05, 0) is 42.9 Å². The van der Waals surface area contributed by atoms with Crippen LogP contribution < -0.4 is 0 Å². The molecule has 0 nitrogen and oxygen atoms in total. The summed E-state index contributed by atoms with van der Waals surface area (Å²) in [5.74, 6) is 1.93. The molecule has 1 saturated carbocycles. The van der Waals surface area contributed by atoms with Gasteiger partial charge in [0, 0.05) is 0 Å². The van der Waals surface area contributed by atoms with Crippen molar-refractivity contribution >= 4 is 8.58 Å². The molecule has 0 heterocycles. The molecule has 0 bridgehead atoms. The average molecular weight is 228 g/mol. The summed E-state index contributed by atoms with van der Waals surface area (Å²) in [6.07, 6.45) is 12.0. The van der Waals surface area contributed by atoms with Crippen LogP contribution in [0.4, 0.5) is 0 Å². The van der Waals surface area contributed by atoms with Crippen LogP contribution in [-0.4, -0.2) is 11.8 Å². The lowest BCUT2D eigenvalue weighted by atomic mass is 9.91. The maximum absolute atomic E-state index is 2.42. The Kier molecular flexibility index (Phi) is 6.89. The third-order valence-corrected chi connectivity index (χ3v) is 5.45. The molecule has 0 spiro atoms. The first-order valence-electron chi connectivity index (χ1n) is 6.92. The van der Waals surface area contributed by atoms with Gasteiger partial charge in [0.25, 0.3) is 0 Å². The minimum Gasteiger partial charge on any atom is -0.119 e. The Balaban J connectivity index is 1.91. The van der Waals surface area contributed by atoms with Gasteiger partial charge in [0.1, 0.15) is 0 Å². The van der Waals surface area contributed by atoms with Crippen molar-refractivity contribution in [2.24, 2.45) is 11.8 Å². The molecule has 0 amide bonds. The molecule has 1 heteroatoms. The molecule has 1 aliphatic carbocycles. The average Bonchev–Trinajstić information content (AvgIpc) is 2.20. The van der Waals surface area contributed by atoms with Crippen molar-refractivity contribution in [2.75, 3.05) is 6.16 Å². The van der Waals surface area contributed by atoms with Crippen molar-refractivity contribution in [3.05, 3.63) is 0 Å². The van der Waals surface area contributed by atoms with E-state index in [0.29, 0.717) is 0 Å². The van der Waals surface area contributed by atoms with Crippen LogP contribution in [0.15, 0.2) is 0 Å². The van der Waals surface area contributed by atoms with Gasteiger partial charge in [0.15, 0.2) is 0 Å². The molecule has 0 aromatic carbocycles. The minimum absolute atomic E-state index is 0.906. The molecule has 1 aliphatic rings. The largest absolute Gasteiger partial charge is 0.119 e. The lowest BCUT2D eigenvalue weighted by Crippen LogP contribution is -2.13. The Morgan fingerprint density at radius 2 is 1.73 bits per heavy atom. The zero-order valence-electron chi connectivity index (χ0n) is 10.9. The predicted molar refractivity (Wildman–Crippen MR) is 73.3 cm³/mol. The van der Waals surface area contributed by atoms with E-state index < -0.39 is 0 Å². The number of rotatable bonds is 6. The summed E-state index contributed by atoms with van der Waals surface area (Å²) in [7, 11) is 1.27. The Hall–Kier alpha value is 0.430. The lowest BCUT2D eigenvalue weighted by Gasteiger charge is -2.26. The Morgan fingerprint density at radius 1 is 1.07 bits per heavy atom. The van der Waals surface area contributed by atoms with Crippen molar-refractivity contribution < 1.29 is 0 Å². The van der Waals surface area contributed by atoms with Crippen LogP contribution >= 0.6 is 8.58 Å². The molecule has 0 aromatic heterocycles. The molecule has 1 fully saturated rings. The van der Waals surface area contributed by atoms with E-state index in [1.165, 1.54) is 59.7 Å². The second kappa shape index (κ2) is 7.66. The van der Waals surface area contributed by atoms with Crippen molar-refractivity contribution in [3.8, 4) is 0 Å². The smallest absolute Gasteiger partial charge is 0.0236 e. The summed E-state index contributed by atoms with van der Waals surface area (Å²) in [5, 5.41) is 0. The molecule has 1 rings (SSSR count). The zero-order chi connectivity index (χ0) is 11.1. The van der Waals surface area contributed by atoms with Crippen molar-refractivity contribution in [1.29, 1.82) is 0 Å². The fraction of sp³-hybridized carbons (Fsp3) is 1.00. The lowest BCUT2D eigenvalue weighted by molar-refractivity contribution is 0.391. The second-order valence-electron chi connectivity index (χ2n) is 5.80. The van der Waals surface area contributed by atoms with E-state index in [4.69, 9.17) is 0 Å². The summed E-state index contributed by atoms with van der Waals surface area (Å²) in [5.41, 5.74) is 1.11. The Bertz CT molecular complexity index is 145. The highest BCUT2D eigenvalue weighted by Gasteiger charge is 2.17. The van der Waals surface area contributed by atoms with Crippen LogP contribution in [0.2, 0.25) is 0 Å². The summed E-state index contributed by atoms with van der Waals surface area (Å²) < 4.78 is 0. The van der Waals surface area contributed by atoms with Crippen LogP contribution in [0.5, 0.6) is 0 Å². The minimum atomic E-state index is 0.906. The van der Waals surface area contributed by atoms with E-state index >= 15 is 0 Å². The fourth-order valence-corrected chi connectivity index (χ4v) is 4.05. The molecule has 15 heavy (non-hydrogen) atoms. The highest BCUT2D eigenvalue weighted by molar-refractivity contribution is 7.38. The van der Waals surface area contributed by atoms with E-state index in [9.17, 15) is 0 Å².